The third-order valence-electron chi connectivity index (χ3n) is 4.36. The molecular weight excluding hydrogens is 495 g/mol. The molecule has 1 aromatic carbocycles. The zero-order chi connectivity index (χ0) is 26.6. The average molecular weight is 520 g/mol. The zero-order valence-corrected chi connectivity index (χ0v) is 20.3. The van der Waals surface area contributed by atoms with Crippen LogP contribution in [0.4, 0.5) is 35.4 Å². The normalized spacial score (nSPS) is 12.5. The van der Waals surface area contributed by atoms with E-state index in [1.807, 2.05) is 0 Å². The van der Waals surface area contributed by atoms with Crippen LogP contribution in [0.15, 0.2) is 18.3 Å². The highest BCUT2D eigenvalue weighted by Crippen LogP contribution is 2.36. The van der Waals surface area contributed by atoms with Gasteiger partial charge in [0.1, 0.15) is 28.8 Å². The first-order valence-electron chi connectivity index (χ1n) is 10.1. The summed E-state index contributed by atoms with van der Waals surface area (Å²) in [6.45, 7) is 4.91. The van der Waals surface area contributed by atoms with Gasteiger partial charge in [-0.15, -0.1) is 0 Å². The highest BCUT2D eigenvalue weighted by atomic mass is 35.5. The van der Waals surface area contributed by atoms with E-state index in [-0.39, 0.29) is 28.8 Å². The second-order valence-corrected chi connectivity index (χ2v) is 8.62. The van der Waals surface area contributed by atoms with E-state index < -0.39 is 41.3 Å². The van der Waals surface area contributed by atoms with Crippen molar-refractivity contribution in [2.24, 2.45) is 0 Å². The number of carboxylic acid groups (broad SMARTS) is 1. The van der Waals surface area contributed by atoms with Gasteiger partial charge < -0.3 is 30.5 Å². The van der Waals surface area contributed by atoms with Gasteiger partial charge in [-0.2, -0.15) is 18.2 Å². The van der Waals surface area contributed by atoms with Crippen LogP contribution in [-0.4, -0.2) is 52.9 Å². The van der Waals surface area contributed by atoms with Gasteiger partial charge in [-0.1, -0.05) is 11.6 Å². The van der Waals surface area contributed by atoms with Gasteiger partial charge in [0.15, 0.2) is 0 Å². The molecule has 0 spiro atoms. The van der Waals surface area contributed by atoms with Gasteiger partial charge in [-0.25, -0.2) is 14.6 Å². The Balaban J connectivity index is 2.30. The second kappa shape index (κ2) is 10.8. The van der Waals surface area contributed by atoms with Crippen LogP contribution in [0.5, 0.6) is 5.75 Å². The summed E-state index contributed by atoms with van der Waals surface area (Å²) in [6.07, 6.45) is -5.13. The quantitative estimate of drug-likeness (QED) is 0.398. The maximum atomic E-state index is 13.1. The number of aromatic nitrogens is 2. The van der Waals surface area contributed by atoms with E-state index in [0.29, 0.717) is 11.8 Å². The predicted molar refractivity (Wildman–Crippen MR) is 122 cm³/mol. The molecule has 0 fully saturated rings. The number of alkyl carbamates (subject to hydrolysis) is 1. The Hall–Kier alpha value is -3.48. The molecule has 2 rings (SSSR count). The maximum Gasteiger partial charge on any atom is 0.421 e. The second-order valence-electron chi connectivity index (χ2n) is 8.21. The highest BCUT2D eigenvalue weighted by molar-refractivity contribution is 6.33. The summed E-state index contributed by atoms with van der Waals surface area (Å²) in [5.41, 5.74) is -1.33. The molecule has 14 heteroatoms. The number of carbonyl (C=O) groups excluding carboxylic acids is 1. The van der Waals surface area contributed by atoms with E-state index in [2.05, 4.69) is 25.9 Å². The summed E-state index contributed by atoms with van der Waals surface area (Å²) >= 11 is 6.31. The largest absolute Gasteiger partial charge is 0.496 e. The summed E-state index contributed by atoms with van der Waals surface area (Å²) in [4.78, 5) is 31.2. The lowest BCUT2D eigenvalue weighted by Crippen LogP contribution is -2.44. The Morgan fingerprint density at radius 1 is 1.23 bits per heavy atom. The van der Waals surface area contributed by atoms with Crippen molar-refractivity contribution >= 4 is 41.1 Å². The van der Waals surface area contributed by atoms with E-state index in [9.17, 15) is 27.9 Å². The number of halogens is 4. The number of aliphatic carboxylic acids is 1. The molecule has 1 heterocycles. The molecule has 1 amide bonds. The van der Waals surface area contributed by atoms with Gasteiger partial charge in [0.2, 0.25) is 5.95 Å². The number of hydrogen-bond donors (Lipinski definition) is 4. The Morgan fingerprint density at radius 3 is 2.40 bits per heavy atom. The molecular formula is C21H25ClF3N5O5. The Morgan fingerprint density at radius 2 is 1.89 bits per heavy atom. The number of rotatable bonds is 8. The third-order valence-corrected chi connectivity index (χ3v) is 4.67. The number of hydrogen-bond acceptors (Lipinski definition) is 8. The van der Waals surface area contributed by atoms with Crippen LogP contribution >= 0.6 is 11.6 Å². The number of anilines is 3. The summed E-state index contributed by atoms with van der Waals surface area (Å²) in [6, 6.07) is 1.45. The van der Waals surface area contributed by atoms with Crippen LogP contribution in [0.3, 0.4) is 0 Å². The van der Waals surface area contributed by atoms with Crippen LogP contribution in [0.1, 0.15) is 31.9 Å². The van der Waals surface area contributed by atoms with Gasteiger partial charge in [0, 0.05) is 25.7 Å². The van der Waals surface area contributed by atoms with Crippen LogP contribution in [0, 0.1) is 0 Å². The van der Waals surface area contributed by atoms with Crippen molar-refractivity contribution < 1.29 is 37.3 Å². The summed E-state index contributed by atoms with van der Waals surface area (Å²) < 4.78 is 49.6. The molecule has 0 aliphatic heterocycles. The number of benzene rings is 1. The number of nitrogens with one attached hydrogen (secondary N) is 3. The molecule has 1 aromatic heterocycles. The minimum atomic E-state index is -4.65. The average Bonchev–Trinajstić information content (AvgIpc) is 2.72. The SMILES string of the molecule is CNc1nc(Nc2cc(OC)c(CC(NC(=O)OC(C)(C)C)C(=O)O)cc2Cl)ncc1C(F)(F)F. The molecule has 192 valence electrons. The standard InChI is InChI=1S/C21H25ClF3N5O5/c1-20(2,3)35-19(33)29-14(17(31)32)7-10-6-12(22)13(8-15(10)34-5)28-18-27-9-11(21(23,24)25)16(26-4)30-18/h6,8-9,14H,7H2,1-5H3,(H,29,33)(H,31,32)(H2,26,27,28,30). The van der Waals surface area contributed by atoms with Crippen molar-refractivity contribution in [1.29, 1.82) is 0 Å². The highest BCUT2D eigenvalue weighted by Gasteiger charge is 2.35. The van der Waals surface area contributed by atoms with E-state index in [1.165, 1.54) is 26.3 Å². The van der Waals surface area contributed by atoms with E-state index in [0.717, 1.165) is 0 Å². The maximum absolute atomic E-state index is 13.1. The van der Waals surface area contributed by atoms with E-state index in [1.54, 1.807) is 20.8 Å². The van der Waals surface area contributed by atoms with Gasteiger partial charge in [-0.05, 0) is 32.4 Å². The first-order valence-corrected chi connectivity index (χ1v) is 10.5. The third kappa shape index (κ3) is 7.77. The number of carbonyl (C=O) groups is 2. The Bertz CT molecular complexity index is 1090. The first kappa shape index (κ1) is 27.8. The molecule has 0 aliphatic rings. The smallest absolute Gasteiger partial charge is 0.421 e. The molecule has 4 N–H and O–H groups in total. The lowest BCUT2D eigenvalue weighted by molar-refractivity contribution is -0.139. The van der Waals surface area contributed by atoms with Crippen molar-refractivity contribution in [3.8, 4) is 5.75 Å². The molecule has 0 saturated heterocycles. The number of amides is 1. The Kier molecular flexibility index (Phi) is 8.60. The summed E-state index contributed by atoms with van der Waals surface area (Å²) in [5.74, 6) is -1.72. The minimum Gasteiger partial charge on any atom is -0.496 e. The summed E-state index contributed by atoms with van der Waals surface area (Å²) in [5, 5.41) is 17.0. The van der Waals surface area contributed by atoms with Gasteiger partial charge in [0.05, 0.1) is 17.8 Å². The lowest BCUT2D eigenvalue weighted by atomic mass is 10.0. The molecule has 1 atom stereocenters. The number of methoxy groups -OCH3 is 1. The fraction of sp³-hybridized carbons (Fsp3) is 0.429. The van der Waals surface area contributed by atoms with E-state index in [4.69, 9.17) is 21.1 Å². The van der Waals surface area contributed by atoms with Gasteiger partial charge in [0.25, 0.3) is 0 Å². The number of ether oxygens (including phenoxy) is 2. The molecule has 1 unspecified atom stereocenters. The number of carboxylic acids is 1. The number of alkyl halides is 3. The molecule has 0 bridgehead atoms. The molecule has 2 aromatic rings. The molecule has 0 aliphatic carbocycles. The monoisotopic (exact) mass is 519 g/mol. The Labute approximate surface area is 204 Å². The fourth-order valence-electron chi connectivity index (χ4n) is 2.87. The van der Waals surface area contributed by atoms with Crippen LogP contribution in [0.25, 0.3) is 0 Å². The van der Waals surface area contributed by atoms with Crippen LogP contribution in [-0.2, 0) is 22.1 Å². The molecule has 0 radical (unpaired) electrons. The molecule has 0 saturated carbocycles. The molecule has 10 nitrogen and oxygen atoms in total. The minimum absolute atomic E-state index is 0.0803. The van der Waals surface area contributed by atoms with Crippen molar-refractivity contribution in [1.82, 2.24) is 15.3 Å². The number of nitrogens with zero attached hydrogens (tertiary/aromatic N) is 2. The zero-order valence-electron chi connectivity index (χ0n) is 19.5. The van der Waals surface area contributed by atoms with Crippen molar-refractivity contribution in [2.45, 2.75) is 45.0 Å². The van der Waals surface area contributed by atoms with Gasteiger partial charge >= 0.3 is 18.2 Å². The van der Waals surface area contributed by atoms with Gasteiger partial charge in [-0.3, -0.25) is 0 Å². The lowest BCUT2D eigenvalue weighted by Gasteiger charge is -2.22. The fourth-order valence-corrected chi connectivity index (χ4v) is 3.10. The van der Waals surface area contributed by atoms with Crippen molar-refractivity contribution in [3.63, 3.8) is 0 Å². The van der Waals surface area contributed by atoms with Crippen molar-refractivity contribution in [3.05, 3.63) is 34.5 Å². The summed E-state index contributed by atoms with van der Waals surface area (Å²) in [7, 11) is 2.62. The van der Waals surface area contributed by atoms with Crippen molar-refractivity contribution in [2.75, 3.05) is 24.8 Å². The first-order chi connectivity index (χ1) is 16.1. The van der Waals surface area contributed by atoms with E-state index >= 15 is 0 Å². The van der Waals surface area contributed by atoms with Crippen LogP contribution < -0.4 is 20.7 Å². The predicted octanol–water partition coefficient (Wildman–Crippen LogP) is 4.46. The van der Waals surface area contributed by atoms with Crippen LogP contribution in [0.2, 0.25) is 5.02 Å². The topological polar surface area (TPSA) is 135 Å². The molecule has 35 heavy (non-hydrogen) atoms.